The molecular formula is C21H19BrN2O4S. The van der Waals surface area contributed by atoms with Crippen LogP contribution in [0, 0.1) is 0 Å². The number of carbonyl (C=O) groups excluding carboxylic acids is 2. The van der Waals surface area contributed by atoms with E-state index in [-0.39, 0.29) is 11.1 Å². The number of aliphatic imine (C=N–C) groups is 1. The fraction of sp³-hybridized carbons (Fsp3) is 0.190. The average molecular weight is 475 g/mol. The predicted molar refractivity (Wildman–Crippen MR) is 118 cm³/mol. The van der Waals surface area contributed by atoms with Crippen LogP contribution < -0.4 is 14.8 Å². The molecule has 1 aliphatic heterocycles. The van der Waals surface area contributed by atoms with Crippen LogP contribution in [0.5, 0.6) is 11.5 Å². The molecule has 1 N–H and O–H groups in total. The third-order valence-corrected chi connectivity index (χ3v) is 5.42. The Labute approximate surface area is 181 Å². The van der Waals surface area contributed by atoms with E-state index in [1.807, 2.05) is 32.0 Å². The fourth-order valence-electron chi connectivity index (χ4n) is 2.56. The number of amides is 2. The minimum Gasteiger partial charge on any atom is -0.490 e. The molecule has 2 amide bonds. The molecule has 8 heteroatoms. The second-order valence-corrected chi connectivity index (χ2v) is 7.72. The van der Waals surface area contributed by atoms with Gasteiger partial charge in [0.2, 0.25) is 0 Å². The van der Waals surface area contributed by atoms with E-state index >= 15 is 0 Å². The average Bonchev–Trinajstić information content (AvgIpc) is 3.05. The number of hydrogen-bond acceptors (Lipinski definition) is 5. The van der Waals surface area contributed by atoms with Gasteiger partial charge in [-0.2, -0.15) is 4.99 Å². The normalized spacial score (nSPS) is 16.2. The third-order valence-electron chi connectivity index (χ3n) is 3.82. The molecule has 0 radical (unpaired) electrons. The first-order valence-corrected chi connectivity index (χ1v) is 10.6. The number of thioether (sulfide) groups is 1. The maximum atomic E-state index is 12.3. The van der Waals surface area contributed by atoms with E-state index in [0.29, 0.717) is 35.2 Å². The Morgan fingerprint density at radius 1 is 1.14 bits per heavy atom. The lowest BCUT2D eigenvalue weighted by Crippen LogP contribution is -2.20. The fourth-order valence-corrected chi connectivity index (χ4v) is 3.80. The van der Waals surface area contributed by atoms with Crippen LogP contribution in [0.15, 0.2) is 56.8 Å². The van der Waals surface area contributed by atoms with Crippen molar-refractivity contribution in [2.75, 3.05) is 13.2 Å². The summed E-state index contributed by atoms with van der Waals surface area (Å²) in [6.45, 7) is 4.80. The molecule has 1 fully saturated rings. The molecule has 0 atom stereocenters. The van der Waals surface area contributed by atoms with Crippen molar-refractivity contribution in [3.63, 3.8) is 0 Å². The standard InChI is InChI=1S/C21H19BrN2O4S/c1-3-27-16-10-14(15(22)12-17(16)28-4-2)11-18-20(26)24-21(29-18)23-19(25)13-8-6-5-7-9-13/h5-12H,3-4H2,1-2H3,(H,23,24,25,26)/b18-11-. The molecular weight excluding hydrogens is 456 g/mol. The summed E-state index contributed by atoms with van der Waals surface area (Å²) in [5, 5.41) is 2.88. The Balaban J connectivity index is 1.85. The summed E-state index contributed by atoms with van der Waals surface area (Å²) < 4.78 is 12.0. The summed E-state index contributed by atoms with van der Waals surface area (Å²) in [7, 11) is 0. The number of amidine groups is 1. The number of nitrogens with zero attached hydrogens (tertiary/aromatic N) is 1. The highest BCUT2D eigenvalue weighted by Gasteiger charge is 2.25. The second kappa shape index (κ2) is 9.76. The number of rotatable bonds is 6. The van der Waals surface area contributed by atoms with E-state index in [9.17, 15) is 9.59 Å². The van der Waals surface area contributed by atoms with Crippen molar-refractivity contribution >= 4 is 50.7 Å². The molecule has 0 spiro atoms. The van der Waals surface area contributed by atoms with Gasteiger partial charge in [0.25, 0.3) is 11.8 Å². The summed E-state index contributed by atoms with van der Waals surface area (Å²) in [4.78, 5) is 29.0. The van der Waals surface area contributed by atoms with Gasteiger partial charge in [-0.3, -0.25) is 9.59 Å². The van der Waals surface area contributed by atoms with E-state index in [2.05, 4.69) is 26.2 Å². The molecule has 29 heavy (non-hydrogen) atoms. The van der Waals surface area contributed by atoms with Gasteiger partial charge in [0.05, 0.1) is 18.1 Å². The minimum absolute atomic E-state index is 0.252. The Morgan fingerprint density at radius 2 is 1.79 bits per heavy atom. The van der Waals surface area contributed by atoms with Gasteiger partial charge in [-0.05, 0) is 61.5 Å². The maximum absolute atomic E-state index is 12.3. The van der Waals surface area contributed by atoms with Gasteiger partial charge in [-0.25, -0.2) is 0 Å². The van der Waals surface area contributed by atoms with Crippen molar-refractivity contribution < 1.29 is 19.1 Å². The van der Waals surface area contributed by atoms with Gasteiger partial charge in [0.15, 0.2) is 16.7 Å². The molecule has 1 saturated heterocycles. The number of benzene rings is 2. The third kappa shape index (κ3) is 5.27. The molecule has 6 nitrogen and oxygen atoms in total. The van der Waals surface area contributed by atoms with Crippen molar-refractivity contribution in [3.8, 4) is 11.5 Å². The van der Waals surface area contributed by atoms with Crippen LogP contribution in [0.3, 0.4) is 0 Å². The smallest absolute Gasteiger partial charge is 0.279 e. The lowest BCUT2D eigenvalue weighted by molar-refractivity contribution is -0.115. The Kier molecular flexibility index (Phi) is 7.11. The van der Waals surface area contributed by atoms with Crippen molar-refractivity contribution in [2.45, 2.75) is 13.8 Å². The first-order chi connectivity index (χ1) is 14.0. The highest BCUT2D eigenvalue weighted by Crippen LogP contribution is 2.36. The molecule has 3 rings (SSSR count). The number of hydrogen-bond donors (Lipinski definition) is 1. The van der Waals surface area contributed by atoms with Crippen LogP contribution in [0.1, 0.15) is 29.8 Å². The lowest BCUT2D eigenvalue weighted by Gasteiger charge is -2.13. The zero-order valence-electron chi connectivity index (χ0n) is 15.9. The van der Waals surface area contributed by atoms with Crippen LogP contribution in [0.4, 0.5) is 0 Å². The summed E-state index contributed by atoms with van der Waals surface area (Å²) in [5.74, 6) is 0.507. The second-order valence-electron chi connectivity index (χ2n) is 5.84. The molecule has 2 aromatic carbocycles. The monoisotopic (exact) mass is 474 g/mol. The molecule has 2 aromatic rings. The van der Waals surface area contributed by atoms with E-state index in [1.165, 1.54) is 0 Å². The van der Waals surface area contributed by atoms with E-state index in [4.69, 9.17) is 9.47 Å². The minimum atomic E-state index is -0.407. The number of carbonyl (C=O) groups is 2. The predicted octanol–water partition coefficient (Wildman–Crippen LogP) is 4.65. The van der Waals surface area contributed by atoms with Crippen molar-refractivity contribution in [2.24, 2.45) is 4.99 Å². The van der Waals surface area contributed by atoms with Gasteiger partial charge in [-0.15, -0.1) is 0 Å². The van der Waals surface area contributed by atoms with Gasteiger partial charge < -0.3 is 14.8 Å². The first kappa shape index (κ1) is 21.1. The van der Waals surface area contributed by atoms with Gasteiger partial charge in [0.1, 0.15) is 0 Å². The van der Waals surface area contributed by atoms with E-state index in [1.54, 1.807) is 30.3 Å². The summed E-state index contributed by atoms with van der Waals surface area (Å²) in [6.07, 6.45) is 1.72. The first-order valence-electron chi connectivity index (χ1n) is 9.00. The molecule has 0 bridgehead atoms. The molecule has 0 aromatic heterocycles. The Hall–Kier alpha value is -2.58. The summed E-state index contributed by atoms with van der Waals surface area (Å²) in [6, 6.07) is 12.3. The summed E-state index contributed by atoms with van der Waals surface area (Å²) >= 11 is 4.63. The molecule has 0 saturated carbocycles. The quantitative estimate of drug-likeness (QED) is 0.616. The molecule has 1 aliphatic rings. The molecule has 150 valence electrons. The topological polar surface area (TPSA) is 77.0 Å². The number of nitrogens with one attached hydrogen (secondary N) is 1. The molecule has 0 aliphatic carbocycles. The van der Waals surface area contributed by atoms with Crippen LogP contribution in [0.2, 0.25) is 0 Å². The van der Waals surface area contributed by atoms with Crippen LogP contribution in [-0.4, -0.2) is 30.2 Å². The zero-order chi connectivity index (χ0) is 20.8. The Bertz CT molecular complexity index is 990. The summed E-state index contributed by atoms with van der Waals surface area (Å²) in [5.41, 5.74) is 1.22. The highest BCUT2D eigenvalue weighted by molar-refractivity contribution is 9.10. The Morgan fingerprint density at radius 3 is 2.45 bits per heavy atom. The molecule has 1 heterocycles. The van der Waals surface area contributed by atoms with Crippen LogP contribution >= 0.6 is 27.7 Å². The lowest BCUT2D eigenvalue weighted by atomic mass is 10.2. The molecule has 0 unspecified atom stereocenters. The van der Waals surface area contributed by atoms with Gasteiger partial charge >= 0.3 is 0 Å². The zero-order valence-corrected chi connectivity index (χ0v) is 18.3. The van der Waals surface area contributed by atoms with Crippen LogP contribution in [0.25, 0.3) is 6.08 Å². The highest BCUT2D eigenvalue weighted by atomic mass is 79.9. The number of ether oxygens (including phenoxy) is 2. The van der Waals surface area contributed by atoms with Crippen molar-refractivity contribution in [1.29, 1.82) is 0 Å². The van der Waals surface area contributed by atoms with E-state index < -0.39 is 5.91 Å². The van der Waals surface area contributed by atoms with Gasteiger partial charge in [0, 0.05) is 10.0 Å². The number of halogens is 1. The van der Waals surface area contributed by atoms with Gasteiger partial charge in [-0.1, -0.05) is 34.1 Å². The SMILES string of the molecule is CCOc1cc(Br)c(/C=C2\SC(=NC(=O)c3ccccc3)NC2=O)cc1OCC. The maximum Gasteiger partial charge on any atom is 0.279 e. The van der Waals surface area contributed by atoms with Crippen molar-refractivity contribution in [3.05, 3.63) is 63.0 Å². The largest absolute Gasteiger partial charge is 0.490 e. The van der Waals surface area contributed by atoms with Crippen molar-refractivity contribution in [1.82, 2.24) is 5.32 Å². The van der Waals surface area contributed by atoms with Crippen LogP contribution in [-0.2, 0) is 4.79 Å². The van der Waals surface area contributed by atoms with E-state index in [0.717, 1.165) is 21.8 Å².